The molecule has 20 heavy (non-hydrogen) atoms. The van der Waals surface area contributed by atoms with Crippen molar-refractivity contribution in [2.75, 3.05) is 13.1 Å². The Labute approximate surface area is 118 Å². The van der Waals surface area contributed by atoms with Crippen LogP contribution in [-0.2, 0) is 11.3 Å². The van der Waals surface area contributed by atoms with E-state index in [1.54, 1.807) is 0 Å². The van der Waals surface area contributed by atoms with Crippen molar-refractivity contribution >= 4 is 11.9 Å². The SMILES string of the molecule is Cc1ccc(C)c(CN2C(=O)N[C@]3(CCNC3)C2=O)c1. The van der Waals surface area contributed by atoms with E-state index in [2.05, 4.69) is 10.6 Å². The lowest BCUT2D eigenvalue weighted by Crippen LogP contribution is -2.48. The van der Waals surface area contributed by atoms with Gasteiger partial charge < -0.3 is 10.6 Å². The van der Waals surface area contributed by atoms with Gasteiger partial charge in [-0.2, -0.15) is 0 Å². The zero-order valence-electron chi connectivity index (χ0n) is 11.8. The lowest BCUT2D eigenvalue weighted by atomic mass is 9.98. The molecule has 5 heteroatoms. The summed E-state index contributed by atoms with van der Waals surface area (Å²) < 4.78 is 0. The molecule has 1 aromatic rings. The third-order valence-corrected chi connectivity index (χ3v) is 4.23. The number of benzene rings is 1. The van der Waals surface area contributed by atoms with Crippen LogP contribution in [0.4, 0.5) is 4.79 Å². The second-order valence-corrected chi connectivity index (χ2v) is 5.76. The summed E-state index contributed by atoms with van der Waals surface area (Å²) in [7, 11) is 0. The third kappa shape index (κ3) is 1.98. The largest absolute Gasteiger partial charge is 0.325 e. The Morgan fingerprint density at radius 1 is 1.30 bits per heavy atom. The van der Waals surface area contributed by atoms with E-state index in [1.807, 2.05) is 32.0 Å². The van der Waals surface area contributed by atoms with Crippen LogP contribution in [0.15, 0.2) is 18.2 Å². The van der Waals surface area contributed by atoms with Gasteiger partial charge in [0, 0.05) is 6.54 Å². The van der Waals surface area contributed by atoms with Crippen LogP contribution in [0.5, 0.6) is 0 Å². The van der Waals surface area contributed by atoms with Gasteiger partial charge >= 0.3 is 6.03 Å². The van der Waals surface area contributed by atoms with Crippen LogP contribution in [0.3, 0.4) is 0 Å². The highest BCUT2D eigenvalue weighted by Crippen LogP contribution is 2.26. The maximum absolute atomic E-state index is 12.5. The van der Waals surface area contributed by atoms with Crippen LogP contribution in [0, 0.1) is 13.8 Å². The summed E-state index contributed by atoms with van der Waals surface area (Å²) in [4.78, 5) is 26.0. The second kappa shape index (κ2) is 4.59. The van der Waals surface area contributed by atoms with E-state index in [-0.39, 0.29) is 11.9 Å². The van der Waals surface area contributed by atoms with Crippen molar-refractivity contribution in [1.82, 2.24) is 15.5 Å². The third-order valence-electron chi connectivity index (χ3n) is 4.23. The van der Waals surface area contributed by atoms with Crippen molar-refractivity contribution < 1.29 is 9.59 Å². The first-order chi connectivity index (χ1) is 9.52. The van der Waals surface area contributed by atoms with Crippen molar-refractivity contribution in [3.05, 3.63) is 34.9 Å². The Kier molecular flexibility index (Phi) is 3.01. The first-order valence-electron chi connectivity index (χ1n) is 6.93. The number of imide groups is 1. The van der Waals surface area contributed by atoms with E-state index in [1.165, 1.54) is 4.90 Å². The first-order valence-corrected chi connectivity index (χ1v) is 6.93. The standard InChI is InChI=1S/C15H19N3O2/c1-10-3-4-11(2)12(7-10)8-18-13(19)15(17-14(18)20)5-6-16-9-15/h3-4,7,16H,5-6,8-9H2,1-2H3,(H,17,20)/t15-/m0/s1. The van der Waals surface area contributed by atoms with Crippen molar-refractivity contribution in [3.8, 4) is 0 Å². The van der Waals surface area contributed by atoms with E-state index in [9.17, 15) is 9.59 Å². The zero-order chi connectivity index (χ0) is 14.3. The van der Waals surface area contributed by atoms with Crippen LogP contribution in [0.2, 0.25) is 0 Å². The second-order valence-electron chi connectivity index (χ2n) is 5.76. The van der Waals surface area contributed by atoms with Crippen LogP contribution < -0.4 is 10.6 Å². The predicted molar refractivity (Wildman–Crippen MR) is 75.2 cm³/mol. The fraction of sp³-hybridized carbons (Fsp3) is 0.467. The number of amides is 3. The number of hydrogen-bond donors (Lipinski definition) is 2. The van der Waals surface area contributed by atoms with Gasteiger partial charge in [0.25, 0.3) is 5.91 Å². The fourth-order valence-corrected chi connectivity index (χ4v) is 2.94. The van der Waals surface area contributed by atoms with Gasteiger partial charge in [-0.25, -0.2) is 4.79 Å². The maximum Gasteiger partial charge on any atom is 0.325 e. The van der Waals surface area contributed by atoms with Crippen molar-refractivity contribution in [2.24, 2.45) is 0 Å². The molecule has 2 saturated heterocycles. The monoisotopic (exact) mass is 273 g/mol. The minimum atomic E-state index is -0.713. The molecule has 1 spiro atoms. The number of nitrogens with one attached hydrogen (secondary N) is 2. The number of rotatable bonds is 2. The molecule has 0 radical (unpaired) electrons. The molecular formula is C15H19N3O2. The number of carbonyl (C=O) groups is 2. The minimum absolute atomic E-state index is 0.103. The van der Waals surface area contributed by atoms with Crippen molar-refractivity contribution in [1.29, 1.82) is 0 Å². The molecule has 5 nitrogen and oxygen atoms in total. The summed E-state index contributed by atoms with van der Waals surface area (Å²) in [6, 6.07) is 5.82. The van der Waals surface area contributed by atoms with Gasteiger partial charge in [0.05, 0.1) is 6.54 Å². The summed E-state index contributed by atoms with van der Waals surface area (Å²) in [5, 5.41) is 6.01. The molecule has 0 saturated carbocycles. The molecular weight excluding hydrogens is 254 g/mol. The first kappa shape index (κ1) is 13.1. The van der Waals surface area contributed by atoms with Gasteiger partial charge in [-0.3, -0.25) is 9.69 Å². The highest BCUT2D eigenvalue weighted by atomic mass is 16.2. The number of urea groups is 1. The number of carbonyl (C=O) groups excluding carboxylic acids is 2. The molecule has 2 fully saturated rings. The summed E-state index contributed by atoms with van der Waals surface area (Å²) in [6.45, 7) is 5.65. The number of hydrogen-bond acceptors (Lipinski definition) is 3. The van der Waals surface area contributed by atoms with E-state index >= 15 is 0 Å². The number of aryl methyl sites for hydroxylation is 2. The summed E-state index contributed by atoms with van der Waals surface area (Å²) in [6.07, 6.45) is 0.668. The van der Waals surface area contributed by atoms with Crippen LogP contribution in [0.1, 0.15) is 23.1 Å². The molecule has 3 amide bonds. The van der Waals surface area contributed by atoms with Crippen molar-refractivity contribution in [2.45, 2.75) is 32.4 Å². The van der Waals surface area contributed by atoms with Gasteiger partial charge in [-0.05, 0) is 37.9 Å². The molecule has 1 atom stereocenters. The average Bonchev–Trinajstić information content (AvgIpc) is 2.96. The van der Waals surface area contributed by atoms with Gasteiger partial charge in [0.2, 0.25) is 0 Å². The normalized spacial score (nSPS) is 25.6. The Morgan fingerprint density at radius 3 is 2.80 bits per heavy atom. The van der Waals surface area contributed by atoms with E-state index in [0.29, 0.717) is 19.5 Å². The van der Waals surface area contributed by atoms with Gasteiger partial charge in [0.15, 0.2) is 0 Å². The summed E-state index contributed by atoms with van der Waals surface area (Å²) in [5.41, 5.74) is 2.54. The Balaban J connectivity index is 1.86. The quantitative estimate of drug-likeness (QED) is 0.793. The molecule has 2 heterocycles. The van der Waals surface area contributed by atoms with Crippen LogP contribution in [0.25, 0.3) is 0 Å². The van der Waals surface area contributed by atoms with Crippen molar-refractivity contribution in [3.63, 3.8) is 0 Å². The molecule has 0 unspecified atom stereocenters. The predicted octanol–water partition coefficient (Wildman–Crippen LogP) is 1.09. The Morgan fingerprint density at radius 2 is 2.10 bits per heavy atom. The summed E-state index contributed by atoms with van der Waals surface area (Å²) >= 11 is 0. The minimum Gasteiger partial charge on any atom is -0.322 e. The topological polar surface area (TPSA) is 61.4 Å². The van der Waals surface area contributed by atoms with Gasteiger partial charge in [-0.15, -0.1) is 0 Å². The lowest BCUT2D eigenvalue weighted by Gasteiger charge is -2.19. The maximum atomic E-state index is 12.5. The highest BCUT2D eigenvalue weighted by Gasteiger charge is 2.52. The molecule has 0 aliphatic carbocycles. The molecule has 2 aliphatic rings. The fourth-order valence-electron chi connectivity index (χ4n) is 2.94. The number of nitrogens with zero attached hydrogens (tertiary/aromatic N) is 1. The molecule has 1 aromatic carbocycles. The highest BCUT2D eigenvalue weighted by molar-refractivity contribution is 6.07. The van der Waals surface area contributed by atoms with Crippen LogP contribution in [-0.4, -0.2) is 35.5 Å². The van der Waals surface area contributed by atoms with E-state index in [4.69, 9.17) is 0 Å². The smallest absolute Gasteiger partial charge is 0.322 e. The van der Waals surface area contributed by atoms with Crippen LogP contribution >= 0.6 is 0 Å². The molecule has 0 bridgehead atoms. The Bertz CT molecular complexity index is 576. The zero-order valence-corrected chi connectivity index (χ0v) is 11.8. The lowest BCUT2D eigenvalue weighted by molar-refractivity contribution is -0.131. The molecule has 3 rings (SSSR count). The Hall–Kier alpha value is -1.88. The average molecular weight is 273 g/mol. The van der Waals surface area contributed by atoms with E-state index < -0.39 is 5.54 Å². The molecule has 2 aliphatic heterocycles. The van der Waals surface area contributed by atoms with E-state index in [0.717, 1.165) is 23.2 Å². The van der Waals surface area contributed by atoms with Gasteiger partial charge in [-0.1, -0.05) is 23.8 Å². The van der Waals surface area contributed by atoms with Gasteiger partial charge in [0.1, 0.15) is 5.54 Å². The molecule has 2 N–H and O–H groups in total. The molecule has 0 aromatic heterocycles. The summed E-state index contributed by atoms with van der Waals surface area (Å²) in [5.74, 6) is -0.103. The molecule has 106 valence electrons.